The second-order valence-electron chi connectivity index (χ2n) is 6.69. The van der Waals surface area contributed by atoms with E-state index in [1.807, 2.05) is 68.4 Å². The number of hydrogen-bond donors (Lipinski definition) is 2. The Balaban J connectivity index is 2.11. The van der Waals surface area contributed by atoms with Gasteiger partial charge in [0.25, 0.3) is 5.91 Å². The minimum Gasteiger partial charge on any atom is -0.480 e. The minimum atomic E-state index is -1.01. The third kappa shape index (κ3) is 3.48. The number of fused-ring (bicyclic) bond motifs is 2. The summed E-state index contributed by atoms with van der Waals surface area (Å²) in [6.45, 7) is 3.88. The van der Waals surface area contributed by atoms with Crippen molar-refractivity contribution in [3.8, 4) is 0 Å². The molecule has 25 heavy (non-hydrogen) atoms. The van der Waals surface area contributed by atoms with Crippen LogP contribution >= 0.6 is 0 Å². The van der Waals surface area contributed by atoms with Crippen LogP contribution in [0.4, 0.5) is 0 Å². The number of carbonyl (C=O) groups is 2. The number of amides is 1. The zero-order valence-electron chi connectivity index (χ0n) is 14.3. The fourth-order valence-corrected chi connectivity index (χ4v) is 3.18. The predicted molar refractivity (Wildman–Crippen MR) is 99.8 cm³/mol. The topological polar surface area (TPSA) is 66.4 Å². The standard InChI is InChI=1S/C21H21NO3/c1-13(2)11-18(21(24)25)22-20(23)19-16-9-5-3-7-14(16)12-15-8-4-6-10-17(15)19/h3-10,12-13,18H,11H2,1-2H3,(H,22,23)(H,24,25)/t18-/m1/s1. The maximum atomic E-state index is 13.0. The van der Waals surface area contributed by atoms with E-state index in [0.29, 0.717) is 12.0 Å². The Bertz CT molecular complexity index is 892. The number of nitrogens with one attached hydrogen (secondary N) is 1. The van der Waals surface area contributed by atoms with Crippen molar-refractivity contribution in [1.29, 1.82) is 0 Å². The van der Waals surface area contributed by atoms with Crippen LogP contribution in [0.1, 0.15) is 30.6 Å². The van der Waals surface area contributed by atoms with E-state index in [2.05, 4.69) is 5.32 Å². The van der Waals surface area contributed by atoms with E-state index in [9.17, 15) is 14.7 Å². The molecular formula is C21H21NO3. The lowest BCUT2D eigenvalue weighted by atomic mass is 9.95. The van der Waals surface area contributed by atoms with Crippen molar-refractivity contribution < 1.29 is 14.7 Å². The molecule has 128 valence electrons. The number of hydrogen-bond acceptors (Lipinski definition) is 2. The molecule has 0 aliphatic carbocycles. The predicted octanol–water partition coefficient (Wildman–Crippen LogP) is 4.22. The van der Waals surface area contributed by atoms with Gasteiger partial charge in [0.2, 0.25) is 0 Å². The van der Waals surface area contributed by atoms with Crippen molar-refractivity contribution >= 4 is 33.4 Å². The average Bonchev–Trinajstić information content (AvgIpc) is 2.58. The minimum absolute atomic E-state index is 0.172. The highest BCUT2D eigenvalue weighted by Crippen LogP contribution is 2.28. The molecule has 0 aliphatic rings. The Morgan fingerprint density at radius 2 is 1.48 bits per heavy atom. The van der Waals surface area contributed by atoms with Gasteiger partial charge in [0, 0.05) is 0 Å². The number of carboxylic acid groups (broad SMARTS) is 1. The average molecular weight is 335 g/mol. The van der Waals surface area contributed by atoms with Gasteiger partial charge >= 0.3 is 5.97 Å². The molecule has 1 amide bonds. The Labute approximate surface area is 146 Å². The lowest BCUT2D eigenvalue weighted by molar-refractivity contribution is -0.139. The summed E-state index contributed by atoms with van der Waals surface area (Å²) in [4.78, 5) is 24.5. The fraction of sp³-hybridized carbons (Fsp3) is 0.238. The molecule has 2 N–H and O–H groups in total. The van der Waals surface area contributed by atoms with Gasteiger partial charge in [-0.1, -0.05) is 62.4 Å². The molecule has 0 aliphatic heterocycles. The molecule has 0 radical (unpaired) electrons. The molecule has 4 heteroatoms. The monoisotopic (exact) mass is 335 g/mol. The van der Waals surface area contributed by atoms with E-state index in [1.54, 1.807) is 0 Å². The van der Waals surface area contributed by atoms with Crippen LogP contribution in [0.3, 0.4) is 0 Å². The second kappa shape index (κ2) is 6.93. The van der Waals surface area contributed by atoms with Crippen LogP contribution in [0.25, 0.3) is 21.5 Å². The highest BCUT2D eigenvalue weighted by Gasteiger charge is 2.23. The molecule has 4 nitrogen and oxygen atoms in total. The molecule has 3 rings (SSSR count). The summed E-state index contributed by atoms with van der Waals surface area (Å²) < 4.78 is 0. The number of aliphatic carboxylic acids is 1. The summed E-state index contributed by atoms with van der Waals surface area (Å²) in [6.07, 6.45) is 0.393. The van der Waals surface area contributed by atoms with E-state index in [0.717, 1.165) is 21.5 Å². The van der Waals surface area contributed by atoms with Crippen molar-refractivity contribution in [2.24, 2.45) is 5.92 Å². The first-order valence-corrected chi connectivity index (χ1v) is 8.41. The van der Waals surface area contributed by atoms with Gasteiger partial charge in [0.15, 0.2) is 0 Å². The smallest absolute Gasteiger partial charge is 0.326 e. The van der Waals surface area contributed by atoms with Gasteiger partial charge in [-0.05, 0) is 39.9 Å². The molecule has 0 aromatic heterocycles. The summed E-state index contributed by atoms with van der Waals surface area (Å²) in [6, 6.07) is 16.5. The van der Waals surface area contributed by atoms with Crippen LogP contribution in [-0.4, -0.2) is 23.0 Å². The molecule has 0 unspecified atom stereocenters. The summed E-state index contributed by atoms with van der Waals surface area (Å²) in [5.74, 6) is -1.18. The molecule has 0 fully saturated rings. The van der Waals surface area contributed by atoms with Crippen LogP contribution in [0, 0.1) is 5.92 Å². The first-order valence-electron chi connectivity index (χ1n) is 8.41. The van der Waals surface area contributed by atoms with E-state index in [1.165, 1.54) is 0 Å². The molecule has 1 atom stereocenters. The fourth-order valence-electron chi connectivity index (χ4n) is 3.18. The van der Waals surface area contributed by atoms with Crippen LogP contribution < -0.4 is 5.32 Å². The van der Waals surface area contributed by atoms with E-state index < -0.39 is 12.0 Å². The van der Waals surface area contributed by atoms with Crippen molar-refractivity contribution in [3.63, 3.8) is 0 Å². The lowest BCUT2D eigenvalue weighted by Crippen LogP contribution is -2.41. The van der Waals surface area contributed by atoms with Gasteiger partial charge in [0.1, 0.15) is 6.04 Å². The second-order valence-corrected chi connectivity index (χ2v) is 6.69. The SMILES string of the molecule is CC(C)C[C@@H](NC(=O)c1c2ccccc2cc2ccccc12)C(=O)O. The third-order valence-electron chi connectivity index (χ3n) is 4.31. The zero-order chi connectivity index (χ0) is 18.0. The lowest BCUT2D eigenvalue weighted by Gasteiger charge is -2.18. The van der Waals surface area contributed by atoms with Crippen molar-refractivity contribution in [1.82, 2.24) is 5.32 Å². The van der Waals surface area contributed by atoms with Gasteiger partial charge in [-0.25, -0.2) is 4.79 Å². The van der Waals surface area contributed by atoms with Gasteiger partial charge in [-0.3, -0.25) is 4.79 Å². The normalized spacial score (nSPS) is 12.4. The van der Waals surface area contributed by atoms with E-state index in [-0.39, 0.29) is 11.8 Å². The van der Waals surface area contributed by atoms with Crippen LogP contribution in [0.5, 0.6) is 0 Å². The molecule has 0 bridgehead atoms. The van der Waals surface area contributed by atoms with Crippen LogP contribution in [0.15, 0.2) is 54.6 Å². The molecule has 0 saturated heterocycles. The summed E-state index contributed by atoms with van der Waals surface area (Å²) >= 11 is 0. The van der Waals surface area contributed by atoms with Crippen LogP contribution in [-0.2, 0) is 4.79 Å². The highest BCUT2D eigenvalue weighted by molar-refractivity contribution is 6.18. The zero-order valence-corrected chi connectivity index (χ0v) is 14.3. The van der Waals surface area contributed by atoms with Crippen molar-refractivity contribution in [2.75, 3.05) is 0 Å². The maximum Gasteiger partial charge on any atom is 0.326 e. The molecule has 0 heterocycles. The Morgan fingerprint density at radius 3 is 1.96 bits per heavy atom. The number of rotatable bonds is 5. The summed E-state index contributed by atoms with van der Waals surface area (Å²) in [5.41, 5.74) is 0.531. The van der Waals surface area contributed by atoms with Gasteiger partial charge in [0.05, 0.1) is 5.56 Å². The van der Waals surface area contributed by atoms with E-state index in [4.69, 9.17) is 0 Å². The Morgan fingerprint density at radius 1 is 0.960 bits per heavy atom. The van der Waals surface area contributed by atoms with Crippen LogP contribution in [0.2, 0.25) is 0 Å². The molecule has 0 spiro atoms. The highest BCUT2D eigenvalue weighted by atomic mass is 16.4. The van der Waals surface area contributed by atoms with Gasteiger partial charge < -0.3 is 10.4 Å². The first kappa shape index (κ1) is 17.0. The molecule has 3 aromatic carbocycles. The molecular weight excluding hydrogens is 314 g/mol. The quantitative estimate of drug-likeness (QED) is 0.686. The Kier molecular flexibility index (Phi) is 4.70. The van der Waals surface area contributed by atoms with Gasteiger partial charge in [-0.2, -0.15) is 0 Å². The summed E-state index contributed by atoms with van der Waals surface area (Å²) in [7, 11) is 0. The summed E-state index contributed by atoms with van der Waals surface area (Å²) in [5, 5.41) is 15.7. The largest absolute Gasteiger partial charge is 0.480 e. The van der Waals surface area contributed by atoms with Crippen molar-refractivity contribution in [3.05, 3.63) is 60.2 Å². The number of carbonyl (C=O) groups excluding carboxylic acids is 1. The molecule has 3 aromatic rings. The third-order valence-corrected chi connectivity index (χ3v) is 4.31. The van der Waals surface area contributed by atoms with Crippen molar-refractivity contribution in [2.45, 2.75) is 26.3 Å². The number of carboxylic acids is 1. The Hall–Kier alpha value is -2.88. The maximum absolute atomic E-state index is 13.0. The van der Waals surface area contributed by atoms with Gasteiger partial charge in [-0.15, -0.1) is 0 Å². The molecule has 0 saturated carbocycles. The first-order chi connectivity index (χ1) is 12.0. The van der Waals surface area contributed by atoms with E-state index >= 15 is 0 Å². The number of benzene rings is 3.